The number of halogens is 1. The van der Waals surface area contributed by atoms with Gasteiger partial charge in [0.15, 0.2) is 24.2 Å². The molecule has 4 aliphatic heterocycles. The van der Waals surface area contributed by atoms with Gasteiger partial charge >= 0.3 is 0 Å². The lowest BCUT2D eigenvalue weighted by Crippen LogP contribution is -2.31. The summed E-state index contributed by atoms with van der Waals surface area (Å²) in [7, 11) is 3.18. The maximum absolute atomic E-state index is 9.08. The Labute approximate surface area is 194 Å². The molecule has 9 nitrogen and oxygen atoms in total. The highest BCUT2D eigenvalue weighted by Gasteiger charge is 2.56. The van der Waals surface area contributed by atoms with Gasteiger partial charge in [-0.05, 0) is 27.7 Å². The number of methoxy groups -OCH3 is 2. The summed E-state index contributed by atoms with van der Waals surface area (Å²) in [5, 5.41) is 9.08. The maximum Gasteiger partial charge on any atom is 0.186 e. The first kappa shape index (κ1) is 28.4. The summed E-state index contributed by atoms with van der Waals surface area (Å²) in [6, 6.07) is 0. The molecule has 0 amide bonds. The zero-order chi connectivity index (χ0) is 20.7. The Hall–Kier alpha value is 0.370. The van der Waals surface area contributed by atoms with Crippen molar-refractivity contribution in [3.8, 4) is 0 Å². The van der Waals surface area contributed by atoms with E-state index in [1.165, 1.54) is 0 Å². The van der Waals surface area contributed by atoms with Crippen molar-refractivity contribution in [2.45, 2.75) is 103 Å². The highest BCUT2D eigenvalue weighted by atomic mass is 127. The summed E-state index contributed by atoms with van der Waals surface area (Å²) >= 11 is 2.29. The second kappa shape index (κ2) is 11.0. The minimum Gasteiger partial charge on any atom is -0.394 e. The van der Waals surface area contributed by atoms with Crippen LogP contribution in [-0.2, 0) is 37.9 Å². The summed E-state index contributed by atoms with van der Waals surface area (Å²) in [6.07, 6.45) is -1.58. The minimum atomic E-state index is -0.622. The highest BCUT2D eigenvalue weighted by Crippen LogP contribution is 2.40. The van der Waals surface area contributed by atoms with Crippen LogP contribution < -0.4 is 0 Å². The number of ether oxygens (including phenoxy) is 8. The molecule has 4 rings (SSSR count). The molecular weight excluding hydrogens is 511 g/mol. The van der Waals surface area contributed by atoms with Gasteiger partial charge in [-0.25, -0.2) is 0 Å². The van der Waals surface area contributed by atoms with E-state index >= 15 is 0 Å². The molecule has 10 heteroatoms. The lowest BCUT2D eigenvalue weighted by Gasteiger charge is -2.22. The van der Waals surface area contributed by atoms with Crippen molar-refractivity contribution < 1.29 is 43.0 Å². The molecule has 4 fully saturated rings. The zero-order valence-corrected chi connectivity index (χ0v) is 19.3. The first-order valence-corrected chi connectivity index (χ1v) is 10.9. The predicted octanol–water partition coefficient (Wildman–Crippen LogP) is 2.46. The molecule has 0 radical (unpaired) electrons. The SMILES string of the molecule is C.C.CO[C@@H]1O[C@H](CI)[C@H]2OC(C)(C)O[C@@H]12.CO[C@@H]1O[C@H](CO)[C@H]2OC(C)(C)O[C@@H]12. The Bertz CT molecular complexity index is 446. The van der Waals surface area contributed by atoms with Crippen molar-refractivity contribution in [2.75, 3.05) is 25.3 Å². The monoisotopic (exact) mass is 550 g/mol. The molecule has 0 bridgehead atoms. The predicted molar refractivity (Wildman–Crippen MR) is 118 cm³/mol. The van der Waals surface area contributed by atoms with Crippen LogP contribution in [0.25, 0.3) is 0 Å². The van der Waals surface area contributed by atoms with Gasteiger partial charge in [-0.2, -0.15) is 0 Å². The maximum atomic E-state index is 9.08. The van der Waals surface area contributed by atoms with E-state index in [0.717, 1.165) is 4.43 Å². The van der Waals surface area contributed by atoms with E-state index < -0.39 is 17.9 Å². The minimum absolute atomic E-state index is 0. The Kier molecular flexibility index (Phi) is 10.4. The average Bonchev–Trinajstić information content (AvgIpc) is 3.31. The fourth-order valence-electron chi connectivity index (χ4n) is 3.94. The lowest BCUT2D eigenvalue weighted by atomic mass is 10.1. The molecule has 4 saturated heterocycles. The molecular formula is C20H39IO9. The molecule has 180 valence electrons. The van der Waals surface area contributed by atoms with Crippen molar-refractivity contribution >= 4 is 22.6 Å². The van der Waals surface area contributed by atoms with Crippen LogP contribution in [-0.4, -0.2) is 91.1 Å². The normalized spacial score (nSPS) is 42.4. The third-order valence-corrected chi connectivity index (χ3v) is 5.88. The second-order valence-corrected chi connectivity index (χ2v) is 8.90. The molecule has 0 spiro atoms. The Balaban J connectivity index is 0.000000281. The largest absolute Gasteiger partial charge is 0.394 e. The third-order valence-electron chi connectivity index (χ3n) is 5.01. The van der Waals surface area contributed by atoms with Crippen molar-refractivity contribution in [3.05, 3.63) is 0 Å². The van der Waals surface area contributed by atoms with E-state index in [9.17, 15) is 0 Å². The van der Waals surface area contributed by atoms with Crippen LogP contribution >= 0.6 is 22.6 Å². The van der Waals surface area contributed by atoms with E-state index in [-0.39, 0.29) is 64.4 Å². The van der Waals surface area contributed by atoms with Gasteiger partial charge in [0, 0.05) is 18.6 Å². The van der Waals surface area contributed by atoms with E-state index in [2.05, 4.69) is 22.6 Å². The van der Waals surface area contributed by atoms with E-state index in [4.69, 9.17) is 43.0 Å². The van der Waals surface area contributed by atoms with Gasteiger partial charge in [-0.3, -0.25) is 0 Å². The van der Waals surface area contributed by atoms with Crippen LogP contribution in [0.5, 0.6) is 0 Å². The van der Waals surface area contributed by atoms with Gasteiger partial charge in [0.25, 0.3) is 0 Å². The quantitative estimate of drug-likeness (QED) is 0.419. The standard InChI is InChI=1S/C9H15IO4.C9H16O5.2CH4/c2*1-9(2)13-6-5(4-10)12-8(11-3)7(6)14-9;;/h5-8H,4H2,1-3H3;5-8,10H,4H2,1-3H3;2*1H4/t2*5-,6-,7-,8-;;/m11../s1. The van der Waals surface area contributed by atoms with Crippen LogP contribution in [0, 0.1) is 0 Å². The van der Waals surface area contributed by atoms with E-state index in [1.54, 1.807) is 14.2 Å². The number of fused-ring (bicyclic) bond motifs is 2. The first-order valence-electron chi connectivity index (χ1n) is 9.39. The molecule has 0 saturated carbocycles. The lowest BCUT2D eigenvalue weighted by molar-refractivity contribution is -0.230. The first-order chi connectivity index (χ1) is 13.1. The number of alkyl halides is 1. The third kappa shape index (κ3) is 5.83. The van der Waals surface area contributed by atoms with Crippen molar-refractivity contribution in [3.63, 3.8) is 0 Å². The molecule has 8 atom stereocenters. The molecule has 4 heterocycles. The van der Waals surface area contributed by atoms with Gasteiger partial charge in [-0.1, -0.05) is 37.4 Å². The molecule has 0 aromatic heterocycles. The van der Waals surface area contributed by atoms with Gasteiger partial charge in [0.2, 0.25) is 0 Å². The Morgan fingerprint density at radius 3 is 1.47 bits per heavy atom. The van der Waals surface area contributed by atoms with Crippen LogP contribution in [0.15, 0.2) is 0 Å². The van der Waals surface area contributed by atoms with Crippen LogP contribution in [0.2, 0.25) is 0 Å². The van der Waals surface area contributed by atoms with Crippen LogP contribution in [0.1, 0.15) is 42.5 Å². The second-order valence-electron chi connectivity index (χ2n) is 8.02. The van der Waals surface area contributed by atoms with Gasteiger partial charge in [0.1, 0.15) is 30.5 Å². The molecule has 0 aromatic rings. The van der Waals surface area contributed by atoms with Crippen molar-refractivity contribution in [1.82, 2.24) is 0 Å². The number of hydrogen-bond acceptors (Lipinski definition) is 9. The van der Waals surface area contributed by atoms with Crippen molar-refractivity contribution in [2.24, 2.45) is 0 Å². The molecule has 4 aliphatic rings. The molecule has 0 aliphatic carbocycles. The van der Waals surface area contributed by atoms with Gasteiger partial charge in [-0.15, -0.1) is 0 Å². The summed E-state index contributed by atoms with van der Waals surface area (Å²) in [6.45, 7) is 7.43. The molecule has 30 heavy (non-hydrogen) atoms. The van der Waals surface area contributed by atoms with Crippen molar-refractivity contribution in [1.29, 1.82) is 0 Å². The summed E-state index contributed by atoms with van der Waals surface area (Å²) in [5.41, 5.74) is 0. The number of aliphatic hydroxyl groups is 1. The fraction of sp³-hybridized carbons (Fsp3) is 1.00. The summed E-state index contributed by atoms with van der Waals surface area (Å²) in [5.74, 6) is -1.14. The smallest absolute Gasteiger partial charge is 0.186 e. The number of hydrogen-bond donors (Lipinski definition) is 1. The molecule has 0 aromatic carbocycles. The topological polar surface area (TPSA) is 94.1 Å². The molecule has 1 N–H and O–H groups in total. The molecule has 0 unspecified atom stereocenters. The van der Waals surface area contributed by atoms with Gasteiger partial charge < -0.3 is 43.0 Å². The summed E-state index contributed by atoms with van der Waals surface area (Å²) in [4.78, 5) is 0. The number of rotatable bonds is 4. The van der Waals surface area contributed by atoms with E-state index in [0.29, 0.717) is 0 Å². The fourth-order valence-corrected chi connectivity index (χ4v) is 4.64. The number of aliphatic hydroxyl groups excluding tert-OH is 1. The Morgan fingerprint density at radius 2 is 1.10 bits per heavy atom. The highest BCUT2D eigenvalue weighted by molar-refractivity contribution is 14.1. The Morgan fingerprint density at radius 1 is 0.733 bits per heavy atom. The average molecular weight is 550 g/mol. The van der Waals surface area contributed by atoms with Crippen LogP contribution in [0.4, 0.5) is 0 Å². The van der Waals surface area contributed by atoms with E-state index in [1.807, 2.05) is 27.7 Å². The van der Waals surface area contributed by atoms with Gasteiger partial charge in [0.05, 0.1) is 12.7 Å². The summed E-state index contributed by atoms with van der Waals surface area (Å²) < 4.78 is 45.0. The van der Waals surface area contributed by atoms with Crippen LogP contribution in [0.3, 0.4) is 0 Å². The zero-order valence-electron chi connectivity index (χ0n) is 17.1.